The Labute approximate surface area is 79.1 Å². The summed E-state index contributed by atoms with van der Waals surface area (Å²) in [5, 5.41) is 15.2. The van der Waals surface area contributed by atoms with E-state index in [-0.39, 0.29) is 0 Å². The van der Waals surface area contributed by atoms with Gasteiger partial charge in [0.2, 0.25) is 0 Å². The zero-order valence-electron chi connectivity index (χ0n) is 6.66. The number of rotatable bonds is 2. The Morgan fingerprint density at radius 1 is 1.46 bits per heavy atom. The van der Waals surface area contributed by atoms with Gasteiger partial charge in [-0.25, -0.2) is 0 Å². The van der Waals surface area contributed by atoms with Crippen molar-refractivity contribution in [2.24, 2.45) is 0 Å². The van der Waals surface area contributed by atoms with E-state index in [1.54, 1.807) is 29.9 Å². The number of nitrogens with zero attached hydrogens (tertiary/aromatic N) is 3. The van der Waals surface area contributed by atoms with Crippen LogP contribution in [0.4, 0.5) is 0 Å². The van der Waals surface area contributed by atoms with Gasteiger partial charge in [0.05, 0.1) is 0 Å². The minimum atomic E-state index is -0.715. The second-order valence-corrected chi connectivity index (χ2v) is 3.13. The maximum atomic E-state index is 9.74. The highest BCUT2D eigenvalue weighted by atomic mass is 32.1. The van der Waals surface area contributed by atoms with E-state index in [2.05, 4.69) is 14.6 Å². The molecular formula is C8H7N3OS. The van der Waals surface area contributed by atoms with Crippen molar-refractivity contribution < 1.29 is 5.11 Å². The Balaban J connectivity index is 2.29. The van der Waals surface area contributed by atoms with Crippen LogP contribution in [0.2, 0.25) is 0 Å². The third kappa shape index (κ3) is 1.71. The quantitative estimate of drug-likeness (QED) is 0.773. The molecule has 0 aliphatic carbocycles. The first-order valence-electron chi connectivity index (χ1n) is 3.73. The predicted octanol–water partition coefficient (Wildman–Crippen LogP) is 1.01. The smallest absolute Gasteiger partial charge is 0.125 e. The molecule has 0 aliphatic rings. The Hall–Kier alpha value is -1.33. The summed E-state index contributed by atoms with van der Waals surface area (Å²) in [5.41, 5.74) is 1.30. The third-order valence-corrected chi connectivity index (χ3v) is 2.18. The lowest BCUT2D eigenvalue weighted by molar-refractivity contribution is 0.215. The van der Waals surface area contributed by atoms with E-state index in [1.165, 1.54) is 11.5 Å². The molecule has 66 valence electrons. The van der Waals surface area contributed by atoms with Crippen LogP contribution in [0.15, 0.2) is 29.9 Å². The van der Waals surface area contributed by atoms with Gasteiger partial charge in [-0.1, -0.05) is 10.6 Å². The van der Waals surface area contributed by atoms with Gasteiger partial charge >= 0.3 is 0 Å². The molecule has 0 radical (unpaired) electrons. The van der Waals surface area contributed by atoms with Crippen LogP contribution >= 0.6 is 11.5 Å². The van der Waals surface area contributed by atoms with Crippen LogP contribution in [0.5, 0.6) is 0 Å². The summed E-state index contributed by atoms with van der Waals surface area (Å²) in [4.78, 5) is 3.91. The Morgan fingerprint density at radius 3 is 3.00 bits per heavy atom. The van der Waals surface area contributed by atoms with Crippen molar-refractivity contribution in [1.82, 2.24) is 14.6 Å². The van der Waals surface area contributed by atoms with Crippen LogP contribution in [0.3, 0.4) is 0 Å². The van der Waals surface area contributed by atoms with E-state index >= 15 is 0 Å². The minimum absolute atomic E-state index is 0.568. The van der Waals surface area contributed by atoms with Gasteiger partial charge < -0.3 is 5.11 Å². The molecule has 5 heteroatoms. The van der Waals surface area contributed by atoms with Crippen molar-refractivity contribution >= 4 is 11.5 Å². The highest BCUT2D eigenvalue weighted by molar-refractivity contribution is 7.03. The number of aromatic nitrogens is 3. The first kappa shape index (κ1) is 8.28. The summed E-state index contributed by atoms with van der Waals surface area (Å²) in [5.74, 6) is 0. The Kier molecular flexibility index (Phi) is 2.29. The molecule has 0 saturated carbocycles. The zero-order chi connectivity index (χ0) is 9.10. The van der Waals surface area contributed by atoms with E-state index < -0.39 is 6.10 Å². The van der Waals surface area contributed by atoms with E-state index in [9.17, 15) is 5.11 Å². The zero-order valence-corrected chi connectivity index (χ0v) is 7.48. The fraction of sp³-hybridized carbons (Fsp3) is 0.125. The molecule has 2 aromatic heterocycles. The lowest BCUT2D eigenvalue weighted by Crippen LogP contribution is -2.00. The summed E-state index contributed by atoms with van der Waals surface area (Å²) in [6.45, 7) is 0. The highest BCUT2D eigenvalue weighted by Crippen LogP contribution is 2.18. The number of aliphatic hydroxyl groups excluding tert-OH is 1. The Bertz CT molecular complexity index is 362. The third-order valence-electron chi connectivity index (χ3n) is 1.66. The molecule has 1 atom stereocenters. The number of hydrogen-bond donors (Lipinski definition) is 1. The van der Waals surface area contributed by atoms with Crippen molar-refractivity contribution in [2.45, 2.75) is 6.10 Å². The summed E-state index contributed by atoms with van der Waals surface area (Å²) in [6, 6.07) is 3.58. The monoisotopic (exact) mass is 193 g/mol. The maximum Gasteiger partial charge on any atom is 0.125 e. The standard InChI is InChI=1S/C8H7N3OS/c12-8(7-5-13-11-10-7)6-2-1-3-9-4-6/h1-5,8,12H. The lowest BCUT2D eigenvalue weighted by Gasteiger charge is -2.05. The normalized spacial score (nSPS) is 12.7. The molecule has 4 nitrogen and oxygen atoms in total. The van der Waals surface area contributed by atoms with Gasteiger partial charge in [0, 0.05) is 23.3 Å². The summed E-state index contributed by atoms with van der Waals surface area (Å²) in [6.07, 6.45) is 2.56. The van der Waals surface area contributed by atoms with Crippen LogP contribution in [0.1, 0.15) is 17.4 Å². The summed E-state index contributed by atoms with van der Waals surface area (Å²) >= 11 is 1.22. The maximum absolute atomic E-state index is 9.74. The van der Waals surface area contributed by atoms with Gasteiger partial charge in [0.15, 0.2) is 0 Å². The molecule has 1 N–H and O–H groups in total. The van der Waals surface area contributed by atoms with Crippen LogP contribution in [0, 0.1) is 0 Å². The molecule has 2 rings (SSSR count). The van der Waals surface area contributed by atoms with Gasteiger partial charge in [0.25, 0.3) is 0 Å². The average Bonchev–Trinajstić information content (AvgIpc) is 2.71. The van der Waals surface area contributed by atoms with Gasteiger partial charge in [-0.3, -0.25) is 4.98 Å². The van der Waals surface area contributed by atoms with Crippen LogP contribution in [0.25, 0.3) is 0 Å². The largest absolute Gasteiger partial charge is 0.382 e. The predicted molar refractivity (Wildman–Crippen MR) is 48.2 cm³/mol. The summed E-state index contributed by atoms with van der Waals surface area (Å²) in [7, 11) is 0. The molecule has 0 fully saturated rings. The Morgan fingerprint density at radius 2 is 2.38 bits per heavy atom. The van der Waals surface area contributed by atoms with Crippen molar-refractivity contribution in [3.63, 3.8) is 0 Å². The second kappa shape index (κ2) is 3.59. The topological polar surface area (TPSA) is 58.9 Å². The molecule has 0 aromatic carbocycles. The van der Waals surface area contributed by atoms with Crippen LogP contribution in [-0.4, -0.2) is 19.7 Å². The van der Waals surface area contributed by atoms with Crippen LogP contribution < -0.4 is 0 Å². The number of aliphatic hydroxyl groups is 1. The van der Waals surface area contributed by atoms with E-state index in [0.29, 0.717) is 5.69 Å². The molecule has 0 saturated heterocycles. The molecule has 0 bridgehead atoms. The fourth-order valence-electron chi connectivity index (χ4n) is 0.999. The van der Waals surface area contributed by atoms with Crippen molar-refractivity contribution in [1.29, 1.82) is 0 Å². The van der Waals surface area contributed by atoms with Crippen LogP contribution in [-0.2, 0) is 0 Å². The summed E-state index contributed by atoms with van der Waals surface area (Å²) < 4.78 is 3.68. The SMILES string of the molecule is OC(c1cccnc1)c1csnn1. The number of hydrogen-bond acceptors (Lipinski definition) is 5. The molecule has 0 aliphatic heterocycles. The van der Waals surface area contributed by atoms with E-state index in [4.69, 9.17) is 0 Å². The first-order chi connectivity index (χ1) is 6.38. The van der Waals surface area contributed by atoms with E-state index in [1.807, 2.05) is 0 Å². The van der Waals surface area contributed by atoms with Gasteiger partial charge in [-0.2, -0.15) is 0 Å². The first-order valence-corrected chi connectivity index (χ1v) is 4.56. The van der Waals surface area contributed by atoms with Gasteiger partial charge in [0.1, 0.15) is 11.8 Å². The molecule has 0 spiro atoms. The van der Waals surface area contributed by atoms with Crippen molar-refractivity contribution in [3.8, 4) is 0 Å². The molecule has 2 heterocycles. The molecule has 13 heavy (non-hydrogen) atoms. The highest BCUT2D eigenvalue weighted by Gasteiger charge is 2.12. The van der Waals surface area contributed by atoms with Crippen molar-refractivity contribution in [2.75, 3.05) is 0 Å². The van der Waals surface area contributed by atoms with Gasteiger partial charge in [-0.05, 0) is 17.6 Å². The van der Waals surface area contributed by atoms with Crippen molar-refractivity contribution in [3.05, 3.63) is 41.2 Å². The van der Waals surface area contributed by atoms with Gasteiger partial charge in [-0.15, -0.1) is 5.10 Å². The molecule has 2 aromatic rings. The molecule has 0 amide bonds. The molecular weight excluding hydrogens is 186 g/mol. The second-order valence-electron chi connectivity index (χ2n) is 2.52. The number of pyridine rings is 1. The average molecular weight is 193 g/mol. The fourth-order valence-corrected chi connectivity index (χ4v) is 1.47. The van der Waals surface area contributed by atoms with E-state index in [0.717, 1.165) is 5.56 Å². The minimum Gasteiger partial charge on any atom is -0.382 e. The molecule has 1 unspecified atom stereocenters. The lowest BCUT2D eigenvalue weighted by atomic mass is 10.1.